The first-order valence-electron chi connectivity index (χ1n) is 6.87. The van der Waals surface area contributed by atoms with Crippen molar-refractivity contribution in [2.24, 2.45) is 0 Å². The maximum absolute atomic E-state index is 9.45. The molecule has 0 saturated carbocycles. The molecule has 0 amide bonds. The molecule has 0 radical (unpaired) electrons. The summed E-state index contributed by atoms with van der Waals surface area (Å²) in [4.78, 5) is 0. The average molecular weight is 293 g/mol. The van der Waals surface area contributed by atoms with Crippen molar-refractivity contribution in [2.75, 3.05) is 13.9 Å². The Morgan fingerprint density at radius 3 is 2.50 bits per heavy atom. The van der Waals surface area contributed by atoms with Gasteiger partial charge < -0.3 is 14.2 Å². The van der Waals surface area contributed by atoms with Crippen molar-refractivity contribution in [3.05, 3.63) is 53.1 Å². The molecule has 4 heteroatoms. The van der Waals surface area contributed by atoms with Crippen LogP contribution in [0.4, 0.5) is 0 Å². The summed E-state index contributed by atoms with van der Waals surface area (Å²) in [5.74, 6) is 1.96. The van der Waals surface area contributed by atoms with Crippen molar-refractivity contribution >= 4 is 11.6 Å². The van der Waals surface area contributed by atoms with Gasteiger partial charge in [-0.2, -0.15) is 5.26 Å². The van der Waals surface area contributed by atoms with Crippen LogP contribution in [0.3, 0.4) is 0 Å². The molecule has 0 N–H and O–H groups in total. The molecule has 1 heterocycles. The zero-order chi connectivity index (χ0) is 15.5. The summed E-state index contributed by atoms with van der Waals surface area (Å²) in [6.45, 7) is 2.22. The van der Waals surface area contributed by atoms with Gasteiger partial charge >= 0.3 is 0 Å². The normalized spacial score (nSPS) is 12.9. The number of nitriles is 1. The summed E-state index contributed by atoms with van der Waals surface area (Å²) in [6, 6.07) is 13.7. The number of aryl methyl sites for hydroxylation is 1. The molecule has 1 aliphatic rings. The second-order valence-electron chi connectivity index (χ2n) is 4.98. The molecule has 0 aliphatic carbocycles. The first-order chi connectivity index (χ1) is 10.7. The molecule has 0 saturated heterocycles. The van der Waals surface area contributed by atoms with Crippen molar-refractivity contribution < 1.29 is 14.2 Å². The van der Waals surface area contributed by atoms with Gasteiger partial charge in [0.15, 0.2) is 11.5 Å². The van der Waals surface area contributed by atoms with E-state index in [4.69, 9.17) is 14.2 Å². The van der Waals surface area contributed by atoms with Gasteiger partial charge in [0.2, 0.25) is 6.79 Å². The largest absolute Gasteiger partial charge is 0.496 e. The van der Waals surface area contributed by atoms with Crippen LogP contribution >= 0.6 is 0 Å². The molecule has 2 aromatic carbocycles. The highest BCUT2D eigenvalue weighted by atomic mass is 16.7. The molecule has 22 heavy (non-hydrogen) atoms. The lowest BCUT2D eigenvalue weighted by atomic mass is 10.0. The van der Waals surface area contributed by atoms with Gasteiger partial charge in [0, 0.05) is 11.6 Å². The standard InChI is InChI=1S/C18H15NO3/c1-12-3-5-13(6-4-12)15(10-19)7-14-8-17-18(22-11-21-17)9-16(14)20-2/h3-9H,11H2,1-2H3. The van der Waals surface area contributed by atoms with Crippen LogP contribution < -0.4 is 14.2 Å². The van der Waals surface area contributed by atoms with Gasteiger partial charge in [0.1, 0.15) is 5.75 Å². The molecule has 1 aliphatic heterocycles. The molecular formula is C18H15NO3. The minimum Gasteiger partial charge on any atom is -0.496 e. The molecule has 110 valence electrons. The molecule has 0 atom stereocenters. The van der Waals surface area contributed by atoms with Crippen molar-refractivity contribution in [3.63, 3.8) is 0 Å². The van der Waals surface area contributed by atoms with Crippen LogP contribution in [0, 0.1) is 18.3 Å². The average Bonchev–Trinajstić information content (AvgIpc) is 2.99. The monoisotopic (exact) mass is 293 g/mol. The number of hydrogen-bond donors (Lipinski definition) is 0. The van der Waals surface area contributed by atoms with E-state index in [1.165, 1.54) is 0 Å². The number of rotatable bonds is 3. The molecular weight excluding hydrogens is 278 g/mol. The lowest BCUT2D eigenvalue weighted by molar-refractivity contribution is 0.174. The van der Waals surface area contributed by atoms with Crippen molar-refractivity contribution in [2.45, 2.75) is 6.92 Å². The van der Waals surface area contributed by atoms with Crippen LogP contribution in [0.25, 0.3) is 11.6 Å². The van der Waals surface area contributed by atoms with E-state index in [9.17, 15) is 5.26 Å². The first kappa shape index (κ1) is 14.0. The molecule has 2 aromatic rings. The van der Waals surface area contributed by atoms with Crippen LogP contribution in [-0.4, -0.2) is 13.9 Å². The Morgan fingerprint density at radius 1 is 1.18 bits per heavy atom. The van der Waals surface area contributed by atoms with Crippen LogP contribution in [0.5, 0.6) is 17.2 Å². The summed E-state index contributed by atoms with van der Waals surface area (Å²) in [7, 11) is 1.59. The van der Waals surface area contributed by atoms with Crippen LogP contribution in [0.1, 0.15) is 16.7 Å². The van der Waals surface area contributed by atoms with Crippen LogP contribution in [0.2, 0.25) is 0 Å². The summed E-state index contributed by atoms with van der Waals surface area (Å²) < 4.78 is 16.1. The second kappa shape index (κ2) is 5.82. The third-order valence-corrected chi connectivity index (χ3v) is 3.51. The topological polar surface area (TPSA) is 51.5 Å². The zero-order valence-corrected chi connectivity index (χ0v) is 12.4. The van der Waals surface area contributed by atoms with Gasteiger partial charge in [0.25, 0.3) is 0 Å². The molecule has 3 rings (SSSR count). The fourth-order valence-corrected chi connectivity index (χ4v) is 2.30. The Balaban J connectivity index is 2.06. The van der Waals surface area contributed by atoms with Gasteiger partial charge in [-0.3, -0.25) is 0 Å². The third kappa shape index (κ3) is 2.61. The van der Waals surface area contributed by atoms with E-state index >= 15 is 0 Å². The highest BCUT2D eigenvalue weighted by Crippen LogP contribution is 2.39. The zero-order valence-electron chi connectivity index (χ0n) is 12.4. The highest BCUT2D eigenvalue weighted by molar-refractivity contribution is 5.91. The Kier molecular flexibility index (Phi) is 3.71. The Morgan fingerprint density at radius 2 is 1.86 bits per heavy atom. The van der Waals surface area contributed by atoms with Crippen LogP contribution in [0.15, 0.2) is 36.4 Å². The van der Waals surface area contributed by atoms with Gasteiger partial charge in [-0.1, -0.05) is 29.8 Å². The van der Waals surface area contributed by atoms with Crippen LogP contribution in [-0.2, 0) is 0 Å². The van der Waals surface area contributed by atoms with E-state index in [0.29, 0.717) is 22.8 Å². The number of hydrogen-bond acceptors (Lipinski definition) is 4. The third-order valence-electron chi connectivity index (χ3n) is 3.51. The van der Waals surface area contributed by atoms with Gasteiger partial charge in [-0.15, -0.1) is 0 Å². The maximum atomic E-state index is 9.45. The number of ether oxygens (including phenoxy) is 3. The van der Waals surface area contributed by atoms with E-state index in [1.807, 2.05) is 37.3 Å². The fourth-order valence-electron chi connectivity index (χ4n) is 2.30. The van der Waals surface area contributed by atoms with Gasteiger partial charge in [-0.05, 0) is 24.6 Å². The predicted molar refractivity (Wildman–Crippen MR) is 83.8 cm³/mol. The molecule has 0 bridgehead atoms. The molecule has 4 nitrogen and oxygen atoms in total. The number of fused-ring (bicyclic) bond motifs is 1. The smallest absolute Gasteiger partial charge is 0.231 e. The fraction of sp³-hybridized carbons (Fsp3) is 0.167. The Labute approximate surface area is 129 Å². The Bertz CT molecular complexity index is 770. The van der Waals surface area contributed by atoms with Gasteiger partial charge in [0.05, 0.1) is 18.8 Å². The van der Waals surface area contributed by atoms with E-state index in [2.05, 4.69) is 6.07 Å². The second-order valence-corrected chi connectivity index (χ2v) is 4.98. The SMILES string of the molecule is COc1cc2c(cc1C=C(C#N)c1ccc(C)cc1)OCO2. The molecule has 0 aromatic heterocycles. The number of nitrogens with zero attached hydrogens (tertiary/aromatic N) is 1. The number of benzene rings is 2. The molecule has 0 unspecified atom stereocenters. The van der Waals surface area contributed by atoms with Crippen molar-refractivity contribution in [3.8, 4) is 23.3 Å². The minimum atomic E-state index is 0.203. The first-order valence-corrected chi connectivity index (χ1v) is 6.87. The predicted octanol–water partition coefficient (Wildman–Crippen LogP) is 3.80. The van der Waals surface area contributed by atoms with Crippen molar-refractivity contribution in [1.82, 2.24) is 0 Å². The number of methoxy groups -OCH3 is 1. The van der Waals surface area contributed by atoms with E-state index in [-0.39, 0.29) is 6.79 Å². The number of allylic oxidation sites excluding steroid dienone is 1. The lowest BCUT2D eigenvalue weighted by Gasteiger charge is -2.08. The van der Waals surface area contributed by atoms with Gasteiger partial charge in [-0.25, -0.2) is 0 Å². The summed E-state index contributed by atoms with van der Waals surface area (Å²) in [5, 5.41) is 9.45. The summed E-state index contributed by atoms with van der Waals surface area (Å²) in [5.41, 5.74) is 3.37. The Hall–Kier alpha value is -2.93. The van der Waals surface area contributed by atoms with E-state index in [0.717, 1.165) is 16.7 Å². The lowest BCUT2D eigenvalue weighted by Crippen LogP contribution is -1.92. The minimum absolute atomic E-state index is 0.203. The summed E-state index contributed by atoms with van der Waals surface area (Å²) in [6.07, 6.45) is 1.80. The van der Waals surface area contributed by atoms with E-state index in [1.54, 1.807) is 19.3 Å². The molecule has 0 spiro atoms. The highest BCUT2D eigenvalue weighted by Gasteiger charge is 2.17. The summed E-state index contributed by atoms with van der Waals surface area (Å²) >= 11 is 0. The quantitative estimate of drug-likeness (QED) is 0.638. The maximum Gasteiger partial charge on any atom is 0.231 e. The van der Waals surface area contributed by atoms with E-state index < -0.39 is 0 Å². The molecule has 0 fully saturated rings. The van der Waals surface area contributed by atoms with Crippen molar-refractivity contribution in [1.29, 1.82) is 5.26 Å².